The highest BCUT2D eigenvalue weighted by molar-refractivity contribution is 7.22. The molecule has 0 atom stereocenters. The highest BCUT2D eigenvalue weighted by atomic mass is 32.1. The van der Waals surface area contributed by atoms with E-state index < -0.39 is 0 Å². The van der Waals surface area contributed by atoms with Crippen molar-refractivity contribution in [2.45, 2.75) is 6.92 Å². The first kappa shape index (κ1) is 13.8. The topological polar surface area (TPSA) is 58.6 Å². The third-order valence-electron chi connectivity index (χ3n) is 3.60. The Morgan fingerprint density at radius 3 is 2.70 bits per heavy atom. The number of H-pyrrole nitrogens is 1. The van der Waals surface area contributed by atoms with Gasteiger partial charge < -0.3 is 4.98 Å². The quantitative estimate of drug-likeness (QED) is 0.607. The zero-order valence-electron chi connectivity index (χ0n) is 12.4. The molecule has 0 saturated heterocycles. The largest absolute Gasteiger partial charge is 0.311 e. The molecule has 0 radical (unpaired) electrons. The minimum atomic E-state index is -0.153. The fourth-order valence-corrected chi connectivity index (χ4v) is 3.61. The first-order valence-electron chi connectivity index (χ1n) is 7.21. The van der Waals surface area contributed by atoms with E-state index in [9.17, 15) is 4.79 Å². The highest BCUT2D eigenvalue weighted by Crippen LogP contribution is 2.34. The van der Waals surface area contributed by atoms with Crippen LogP contribution in [0.1, 0.15) is 5.82 Å². The standard InChI is InChI=1S/C18H13N3OS/c1-11-20-15(8-18(22)21-11)13-6-14(10-19-9-13)17-7-12-4-2-3-5-16(12)23-17/h2-10H,1H3,(H,20,21,22). The Morgan fingerprint density at radius 2 is 1.87 bits per heavy atom. The van der Waals surface area contributed by atoms with Crippen LogP contribution in [0.15, 0.2) is 59.7 Å². The van der Waals surface area contributed by atoms with Crippen molar-refractivity contribution in [3.63, 3.8) is 0 Å². The SMILES string of the molecule is Cc1nc(-c2cncc(-c3cc4ccccc4s3)c2)cc(=O)[nH]1. The van der Waals surface area contributed by atoms with E-state index in [2.05, 4.69) is 33.2 Å². The molecule has 1 aromatic carbocycles. The maximum absolute atomic E-state index is 11.6. The molecule has 0 unspecified atom stereocenters. The van der Waals surface area contributed by atoms with Crippen molar-refractivity contribution in [1.29, 1.82) is 0 Å². The van der Waals surface area contributed by atoms with Gasteiger partial charge in [-0.3, -0.25) is 9.78 Å². The molecule has 0 aliphatic heterocycles. The van der Waals surface area contributed by atoms with Gasteiger partial charge in [0.2, 0.25) is 0 Å². The lowest BCUT2D eigenvalue weighted by Crippen LogP contribution is -2.08. The number of aryl methyl sites for hydroxylation is 1. The number of nitrogens with zero attached hydrogens (tertiary/aromatic N) is 2. The summed E-state index contributed by atoms with van der Waals surface area (Å²) in [5.74, 6) is 0.597. The second-order valence-electron chi connectivity index (χ2n) is 5.33. The number of rotatable bonds is 2. The Balaban J connectivity index is 1.83. The van der Waals surface area contributed by atoms with Crippen LogP contribution in [0.5, 0.6) is 0 Å². The van der Waals surface area contributed by atoms with E-state index in [0.717, 1.165) is 16.0 Å². The average molecular weight is 319 g/mol. The van der Waals surface area contributed by atoms with Gasteiger partial charge >= 0.3 is 0 Å². The summed E-state index contributed by atoms with van der Waals surface area (Å²) in [5, 5.41) is 1.23. The van der Waals surface area contributed by atoms with Crippen molar-refractivity contribution in [3.8, 4) is 21.7 Å². The van der Waals surface area contributed by atoms with Crippen LogP contribution in [0.3, 0.4) is 0 Å². The van der Waals surface area contributed by atoms with Gasteiger partial charge in [0.15, 0.2) is 0 Å². The first-order valence-corrected chi connectivity index (χ1v) is 8.03. The minimum absolute atomic E-state index is 0.153. The molecule has 112 valence electrons. The summed E-state index contributed by atoms with van der Waals surface area (Å²) in [5.41, 5.74) is 2.36. The maximum atomic E-state index is 11.6. The van der Waals surface area contributed by atoms with E-state index in [0.29, 0.717) is 11.5 Å². The van der Waals surface area contributed by atoms with Crippen LogP contribution >= 0.6 is 11.3 Å². The van der Waals surface area contributed by atoms with Gasteiger partial charge in [0.25, 0.3) is 5.56 Å². The van der Waals surface area contributed by atoms with Gasteiger partial charge in [0, 0.05) is 39.2 Å². The van der Waals surface area contributed by atoms with Crippen molar-refractivity contribution in [2.24, 2.45) is 0 Å². The molecule has 5 heteroatoms. The van der Waals surface area contributed by atoms with Gasteiger partial charge in [-0.1, -0.05) is 18.2 Å². The van der Waals surface area contributed by atoms with Crippen molar-refractivity contribution in [3.05, 3.63) is 71.0 Å². The van der Waals surface area contributed by atoms with Gasteiger partial charge in [0.1, 0.15) is 5.82 Å². The molecule has 0 saturated carbocycles. The van der Waals surface area contributed by atoms with Crippen LogP contribution in [-0.2, 0) is 0 Å². The number of aromatic nitrogens is 3. The van der Waals surface area contributed by atoms with Crippen molar-refractivity contribution in [2.75, 3.05) is 0 Å². The van der Waals surface area contributed by atoms with Crippen LogP contribution in [0.4, 0.5) is 0 Å². The number of hydrogen-bond donors (Lipinski definition) is 1. The second-order valence-corrected chi connectivity index (χ2v) is 6.41. The van der Waals surface area contributed by atoms with Crippen molar-refractivity contribution >= 4 is 21.4 Å². The van der Waals surface area contributed by atoms with Gasteiger partial charge in [-0.15, -0.1) is 11.3 Å². The third-order valence-corrected chi connectivity index (χ3v) is 4.77. The zero-order chi connectivity index (χ0) is 15.8. The molecule has 4 nitrogen and oxygen atoms in total. The summed E-state index contributed by atoms with van der Waals surface area (Å²) in [7, 11) is 0. The Bertz CT molecular complexity index is 1030. The van der Waals surface area contributed by atoms with Crippen LogP contribution < -0.4 is 5.56 Å². The Hall–Kier alpha value is -2.79. The number of aromatic amines is 1. The van der Waals surface area contributed by atoms with E-state index in [4.69, 9.17) is 0 Å². The van der Waals surface area contributed by atoms with E-state index in [1.54, 1.807) is 24.5 Å². The zero-order valence-corrected chi connectivity index (χ0v) is 13.2. The van der Waals surface area contributed by atoms with E-state index in [1.165, 1.54) is 16.2 Å². The monoisotopic (exact) mass is 319 g/mol. The number of benzene rings is 1. The van der Waals surface area contributed by atoms with Crippen LogP contribution in [0.25, 0.3) is 31.8 Å². The lowest BCUT2D eigenvalue weighted by Gasteiger charge is -2.03. The fraction of sp³-hybridized carbons (Fsp3) is 0.0556. The maximum Gasteiger partial charge on any atom is 0.251 e. The summed E-state index contributed by atoms with van der Waals surface area (Å²) in [6, 6.07) is 14.0. The van der Waals surface area contributed by atoms with E-state index in [-0.39, 0.29) is 5.56 Å². The molecule has 0 spiro atoms. The fourth-order valence-electron chi connectivity index (χ4n) is 2.57. The van der Waals surface area contributed by atoms with Crippen LogP contribution in [0, 0.1) is 6.92 Å². The molecule has 0 aliphatic rings. The van der Waals surface area contributed by atoms with Crippen LogP contribution in [0.2, 0.25) is 0 Å². The van der Waals surface area contributed by atoms with Gasteiger partial charge in [-0.2, -0.15) is 0 Å². The Morgan fingerprint density at radius 1 is 1.04 bits per heavy atom. The lowest BCUT2D eigenvalue weighted by molar-refractivity contribution is 1.02. The van der Waals surface area contributed by atoms with Crippen molar-refractivity contribution < 1.29 is 0 Å². The normalized spacial score (nSPS) is 11.0. The minimum Gasteiger partial charge on any atom is -0.311 e. The molecule has 1 N–H and O–H groups in total. The predicted molar refractivity (Wildman–Crippen MR) is 93.6 cm³/mol. The number of thiophene rings is 1. The molecule has 4 rings (SSSR count). The predicted octanol–water partition coefficient (Wildman–Crippen LogP) is 4.02. The van der Waals surface area contributed by atoms with Crippen molar-refractivity contribution in [1.82, 2.24) is 15.0 Å². The summed E-state index contributed by atoms with van der Waals surface area (Å²) < 4.78 is 1.25. The highest BCUT2D eigenvalue weighted by Gasteiger charge is 2.08. The van der Waals surface area contributed by atoms with Gasteiger partial charge in [-0.25, -0.2) is 4.98 Å². The van der Waals surface area contributed by atoms with Gasteiger partial charge in [0.05, 0.1) is 5.69 Å². The number of nitrogens with one attached hydrogen (secondary N) is 1. The summed E-state index contributed by atoms with van der Waals surface area (Å²) in [4.78, 5) is 24.2. The Kier molecular flexibility index (Phi) is 3.28. The van der Waals surface area contributed by atoms with Crippen LogP contribution in [-0.4, -0.2) is 15.0 Å². The lowest BCUT2D eigenvalue weighted by atomic mass is 10.1. The molecule has 0 aliphatic carbocycles. The average Bonchev–Trinajstić information content (AvgIpc) is 2.98. The summed E-state index contributed by atoms with van der Waals surface area (Å²) in [6.07, 6.45) is 3.58. The molecule has 3 heterocycles. The number of hydrogen-bond acceptors (Lipinski definition) is 4. The number of pyridine rings is 1. The molecule has 23 heavy (non-hydrogen) atoms. The summed E-state index contributed by atoms with van der Waals surface area (Å²) >= 11 is 1.73. The van der Waals surface area contributed by atoms with Gasteiger partial charge in [-0.05, 0) is 30.5 Å². The molecule has 0 fully saturated rings. The number of fused-ring (bicyclic) bond motifs is 1. The molecule has 4 aromatic rings. The first-order chi connectivity index (χ1) is 11.2. The molecule has 0 amide bonds. The molecule has 0 bridgehead atoms. The summed E-state index contributed by atoms with van der Waals surface area (Å²) in [6.45, 7) is 1.77. The van der Waals surface area contributed by atoms with E-state index in [1.807, 2.05) is 24.4 Å². The smallest absolute Gasteiger partial charge is 0.251 e. The molecular formula is C18H13N3OS. The third kappa shape index (κ3) is 2.66. The molecular weight excluding hydrogens is 306 g/mol. The Labute approximate surface area is 136 Å². The second kappa shape index (κ2) is 5.44. The molecule has 3 aromatic heterocycles. The van der Waals surface area contributed by atoms with E-state index >= 15 is 0 Å².